The van der Waals surface area contributed by atoms with Gasteiger partial charge in [0.25, 0.3) is 0 Å². The van der Waals surface area contributed by atoms with Gasteiger partial charge in [-0.3, -0.25) is 4.68 Å². The smallest absolute Gasteiger partial charge is 0.140 e. The second-order valence-electron chi connectivity index (χ2n) is 6.55. The molecular formula is C17H22N4. The monoisotopic (exact) mass is 282 g/mol. The molecule has 0 radical (unpaired) electrons. The van der Waals surface area contributed by atoms with Gasteiger partial charge < -0.3 is 4.57 Å². The third-order valence-corrected chi connectivity index (χ3v) is 3.87. The minimum atomic E-state index is 0.0362. The molecule has 3 aromatic heterocycles. The fraction of sp³-hybridized carbons (Fsp3) is 0.412. The summed E-state index contributed by atoms with van der Waals surface area (Å²) in [5, 5.41) is 5.49. The second-order valence-corrected chi connectivity index (χ2v) is 6.55. The Kier molecular flexibility index (Phi) is 3.12. The predicted molar refractivity (Wildman–Crippen MR) is 86.3 cm³/mol. The van der Waals surface area contributed by atoms with Crippen LogP contribution in [0, 0.1) is 0 Å². The van der Waals surface area contributed by atoms with Crippen LogP contribution in [0.3, 0.4) is 0 Å². The molecular weight excluding hydrogens is 260 g/mol. The first-order valence-corrected chi connectivity index (χ1v) is 7.39. The summed E-state index contributed by atoms with van der Waals surface area (Å²) in [5.74, 6) is 0. The van der Waals surface area contributed by atoms with Gasteiger partial charge >= 0.3 is 0 Å². The Morgan fingerprint density at radius 3 is 2.43 bits per heavy atom. The van der Waals surface area contributed by atoms with Gasteiger partial charge in [-0.15, -0.1) is 0 Å². The van der Waals surface area contributed by atoms with Gasteiger partial charge in [0.15, 0.2) is 0 Å². The van der Waals surface area contributed by atoms with Crippen LogP contribution in [0.2, 0.25) is 0 Å². The molecule has 4 nitrogen and oxygen atoms in total. The molecule has 0 aliphatic carbocycles. The van der Waals surface area contributed by atoms with Crippen molar-refractivity contribution < 1.29 is 0 Å². The van der Waals surface area contributed by atoms with Crippen molar-refractivity contribution in [1.82, 2.24) is 19.3 Å². The maximum Gasteiger partial charge on any atom is 0.140 e. The highest BCUT2D eigenvalue weighted by Crippen LogP contribution is 2.29. The van der Waals surface area contributed by atoms with Crippen molar-refractivity contribution in [1.29, 1.82) is 0 Å². The molecule has 0 aromatic carbocycles. The number of nitrogens with zero attached hydrogens (tertiary/aromatic N) is 4. The van der Waals surface area contributed by atoms with Crippen LogP contribution in [0.1, 0.15) is 33.3 Å². The summed E-state index contributed by atoms with van der Waals surface area (Å²) in [6.07, 6.45) is 9.11. The largest absolute Gasteiger partial charge is 0.327 e. The van der Waals surface area contributed by atoms with E-state index in [4.69, 9.17) is 4.98 Å². The normalized spacial score (nSPS) is 12.2. The highest BCUT2D eigenvalue weighted by atomic mass is 15.2. The van der Waals surface area contributed by atoms with Crippen LogP contribution < -0.4 is 0 Å². The zero-order chi connectivity index (χ0) is 15.2. The summed E-state index contributed by atoms with van der Waals surface area (Å²) in [5.41, 5.74) is 4.67. The van der Waals surface area contributed by atoms with Crippen molar-refractivity contribution in [3.63, 3.8) is 0 Å². The molecule has 0 bridgehead atoms. The van der Waals surface area contributed by atoms with E-state index >= 15 is 0 Å². The Morgan fingerprint density at radius 1 is 1.10 bits per heavy atom. The van der Waals surface area contributed by atoms with Gasteiger partial charge in [-0.1, -0.05) is 6.92 Å². The summed E-state index contributed by atoms with van der Waals surface area (Å²) in [4.78, 5) is 4.73. The van der Waals surface area contributed by atoms with Crippen molar-refractivity contribution in [2.75, 3.05) is 0 Å². The Morgan fingerprint density at radius 2 is 1.86 bits per heavy atom. The maximum atomic E-state index is 4.73. The van der Waals surface area contributed by atoms with Crippen LogP contribution in [0.5, 0.6) is 0 Å². The van der Waals surface area contributed by atoms with Crippen molar-refractivity contribution in [2.45, 2.75) is 39.7 Å². The van der Waals surface area contributed by atoms with E-state index in [0.29, 0.717) is 0 Å². The third kappa shape index (κ3) is 2.35. The van der Waals surface area contributed by atoms with Gasteiger partial charge in [0, 0.05) is 47.7 Å². The summed E-state index contributed by atoms with van der Waals surface area (Å²) in [7, 11) is 1.93. The quantitative estimate of drug-likeness (QED) is 0.717. The van der Waals surface area contributed by atoms with Crippen molar-refractivity contribution in [2.24, 2.45) is 7.05 Å². The summed E-state index contributed by atoms with van der Waals surface area (Å²) >= 11 is 0. The van der Waals surface area contributed by atoms with E-state index in [1.807, 2.05) is 30.3 Å². The molecule has 0 saturated carbocycles. The molecule has 0 amide bonds. The fourth-order valence-electron chi connectivity index (χ4n) is 2.69. The molecule has 4 heteroatoms. The van der Waals surface area contributed by atoms with E-state index in [1.165, 1.54) is 10.9 Å². The number of aromatic nitrogens is 4. The number of rotatable bonds is 2. The number of aryl methyl sites for hydroxylation is 2. The molecule has 0 N–H and O–H groups in total. The van der Waals surface area contributed by atoms with E-state index in [9.17, 15) is 0 Å². The van der Waals surface area contributed by atoms with Gasteiger partial charge in [-0.25, -0.2) is 4.98 Å². The molecule has 3 heterocycles. The molecule has 0 fully saturated rings. The lowest BCUT2D eigenvalue weighted by molar-refractivity contribution is 0.408. The Hall–Kier alpha value is -2.10. The molecule has 3 rings (SSSR count). The minimum Gasteiger partial charge on any atom is -0.327 e. The zero-order valence-electron chi connectivity index (χ0n) is 13.4. The van der Waals surface area contributed by atoms with Gasteiger partial charge in [0.1, 0.15) is 5.65 Å². The molecule has 0 aliphatic heterocycles. The van der Waals surface area contributed by atoms with Crippen LogP contribution in [-0.2, 0) is 19.0 Å². The van der Waals surface area contributed by atoms with Crippen LogP contribution in [-0.4, -0.2) is 19.3 Å². The standard InChI is InChI=1S/C17H22N4/c1-6-12-11-21(17(2,3)4)16-15(12)7-13(8-18-16)14-9-19-20(5)10-14/h7-11H,6H2,1-5H3. The Bertz CT molecular complexity index is 787. The van der Waals surface area contributed by atoms with Crippen molar-refractivity contribution in [3.8, 4) is 11.1 Å². The first-order valence-electron chi connectivity index (χ1n) is 7.39. The highest BCUT2D eigenvalue weighted by Gasteiger charge is 2.19. The zero-order valence-corrected chi connectivity index (χ0v) is 13.4. The fourth-order valence-corrected chi connectivity index (χ4v) is 2.69. The van der Waals surface area contributed by atoms with E-state index < -0.39 is 0 Å². The van der Waals surface area contributed by atoms with E-state index in [0.717, 1.165) is 23.2 Å². The first-order chi connectivity index (χ1) is 9.90. The van der Waals surface area contributed by atoms with Crippen molar-refractivity contribution in [3.05, 3.63) is 36.4 Å². The maximum absolute atomic E-state index is 4.73. The molecule has 0 spiro atoms. The topological polar surface area (TPSA) is 35.6 Å². The second kappa shape index (κ2) is 4.72. The van der Waals surface area contributed by atoms with Crippen LogP contribution in [0.4, 0.5) is 0 Å². The van der Waals surface area contributed by atoms with Gasteiger partial charge in [-0.05, 0) is 38.8 Å². The number of hydrogen-bond acceptors (Lipinski definition) is 2. The summed E-state index contributed by atoms with van der Waals surface area (Å²) in [6.45, 7) is 8.83. The van der Waals surface area contributed by atoms with Crippen LogP contribution in [0.15, 0.2) is 30.9 Å². The van der Waals surface area contributed by atoms with Gasteiger partial charge in [0.05, 0.1) is 6.20 Å². The minimum absolute atomic E-state index is 0.0362. The van der Waals surface area contributed by atoms with Crippen LogP contribution in [0.25, 0.3) is 22.2 Å². The Labute approximate surface area is 125 Å². The molecule has 3 aromatic rings. The van der Waals surface area contributed by atoms with Crippen molar-refractivity contribution >= 4 is 11.0 Å². The molecule has 110 valence electrons. The lowest BCUT2D eigenvalue weighted by Gasteiger charge is -2.21. The lowest BCUT2D eigenvalue weighted by atomic mass is 10.1. The van der Waals surface area contributed by atoms with E-state index in [-0.39, 0.29) is 5.54 Å². The molecule has 0 aliphatic rings. The molecule has 0 atom stereocenters. The van der Waals surface area contributed by atoms with E-state index in [1.54, 1.807) is 0 Å². The lowest BCUT2D eigenvalue weighted by Crippen LogP contribution is -2.20. The van der Waals surface area contributed by atoms with Gasteiger partial charge in [0.2, 0.25) is 0 Å². The predicted octanol–water partition coefficient (Wildman–Crippen LogP) is 3.75. The summed E-state index contributed by atoms with van der Waals surface area (Å²) < 4.78 is 4.09. The highest BCUT2D eigenvalue weighted by molar-refractivity contribution is 5.85. The average Bonchev–Trinajstić information content (AvgIpc) is 3.00. The third-order valence-electron chi connectivity index (χ3n) is 3.87. The summed E-state index contributed by atoms with van der Waals surface area (Å²) in [6, 6.07) is 2.24. The Balaban J connectivity index is 2.22. The van der Waals surface area contributed by atoms with Gasteiger partial charge in [-0.2, -0.15) is 5.10 Å². The SMILES string of the molecule is CCc1cn(C(C)(C)C)c2ncc(-c3cnn(C)c3)cc12. The number of pyridine rings is 1. The first kappa shape index (κ1) is 13.9. The average molecular weight is 282 g/mol. The molecule has 0 saturated heterocycles. The molecule has 21 heavy (non-hydrogen) atoms. The van der Waals surface area contributed by atoms with Crippen LogP contribution >= 0.6 is 0 Å². The number of hydrogen-bond donors (Lipinski definition) is 0. The van der Waals surface area contributed by atoms with E-state index in [2.05, 4.69) is 49.6 Å². The molecule has 0 unspecified atom stereocenters. The number of fused-ring (bicyclic) bond motifs is 1.